The maximum Gasteiger partial charge on any atom is 0.416 e. The number of anilines is 1. The molecule has 2 aromatic rings. The van der Waals surface area contributed by atoms with Gasteiger partial charge in [-0.1, -0.05) is 18.2 Å². The molecular weight excluding hydrogens is 425 g/mol. The Labute approximate surface area is 183 Å². The largest absolute Gasteiger partial charge is 0.491 e. The third-order valence-corrected chi connectivity index (χ3v) is 4.66. The molecule has 0 unspecified atom stereocenters. The van der Waals surface area contributed by atoms with Crippen molar-refractivity contribution in [2.75, 3.05) is 25.6 Å². The third-order valence-electron chi connectivity index (χ3n) is 4.66. The molecule has 0 aromatic heterocycles. The molecule has 2 aromatic carbocycles. The van der Waals surface area contributed by atoms with E-state index >= 15 is 0 Å². The molecule has 0 spiro atoms. The number of nitrogens with one attached hydrogen (secondary N) is 1. The number of carbonyl (C=O) groups excluding carboxylic acids is 2. The quantitative estimate of drug-likeness (QED) is 0.609. The Morgan fingerprint density at radius 3 is 2.31 bits per heavy atom. The summed E-state index contributed by atoms with van der Waals surface area (Å²) in [5.41, 5.74) is -0.411. The van der Waals surface area contributed by atoms with E-state index in [0.29, 0.717) is 11.3 Å². The zero-order valence-electron chi connectivity index (χ0n) is 17.8. The smallest absolute Gasteiger partial charge is 0.416 e. The molecule has 1 N–H and O–H groups in total. The molecule has 1 aliphatic rings. The van der Waals surface area contributed by atoms with Gasteiger partial charge in [-0.05, 0) is 49.7 Å². The van der Waals surface area contributed by atoms with Crippen LogP contribution in [-0.4, -0.2) is 43.1 Å². The Kier molecular flexibility index (Phi) is 6.88. The van der Waals surface area contributed by atoms with Gasteiger partial charge in [0, 0.05) is 12.8 Å². The van der Waals surface area contributed by atoms with Crippen molar-refractivity contribution in [2.45, 2.75) is 26.1 Å². The average molecular weight is 448 g/mol. The Morgan fingerprint density at radius 1 is 1.03 bits per heavy atom. The van der Waals surface area contributed by atoms with Crippen LogP contribution in [0.3, 0.4) is 0 Å². The van der Waals surface area contributed by atoms with Crippen molar-refractivity contribution in [2.24, 2.45) is 0 Å². The van der Waals surface area contributed by atoms with Crippen LogP contribution < -0.4 is 10.1 Å². The van der Waals surface area contributed by atoms with E-state index in [2.05, 4.69) is 5.32 Å². The molecule has 6 nitrogen and oxygen atoms in total. The van der Waals surface area contributed by atoms with E-state index in [9.17, 15) is 22.8 Å². The SMILES string of the molecule is COCCN1C(=O)C(Nc2cccc(C(F)(F)F)c2)=C(c2ccc(OC(C)C)cc2)C1=O. The van der Waals surface area contributed by atoms with E-state index < -0.39 is 23.6 Å². The second kappa shape index (κ2) is 9.44. The molecule has 0 saturated heterocycles. The first kappa shape index (κ1) is 23.3. The van der Waals surface area contributed by atoms with Gasteiger partial charge in [0.1, 0.15) is 11.4 Å². The predicted octanol–water partition coefficient (Wildman–Crippen LogP) is 4.33. The maximum absolute atomic E-state index is 13.1. The number of hydrogen-bond acceptors (Lipinski definition) is 5. The molecule has 0 radical (unpaired) electrons. The summed E-state index contributed by atoms with van der Waals surface area (Å²) >= 11 is 0. The fraction of sp³-hybridized carbons (Fsp3) is 0.304. The van der Waals surface area contributed by atoms with E-state index in [0.717, 1.165) is 17.0 Å². The number of methoxy groups -OCH3 is 1. The minimum atomic E-state index is -4.54. The topological polar surface area (TPSA) is 67.9 Å². The number of amides is 2. The fourth-order valence-corrected chi connectivity index (χ4v) is 3.24. The van der Waals surface area contributed by atoms with Gasteiger partial charge in [0.15, 0.2) is 0 Å². The van der Waals surface area contributed by atoms with Crippen LogP contribution in [0.2, 0.25) is 0 Å². The third kappa shape index (κ3) is 5.11. The Morgan fingerprint density at radius 2 is 1.72 bits per heavy atom. The van der Waals surface area contributed by atoms with E-state index in [-0.39, 0.29) is 36.2 Å². The highest BCUT2D eigenvalue weighted by Crippen LogP contribution is 2.34. The fourth-order valence-electron chi connectivity index (χ4n) is 3.24. The number of ether oxygens (including phenoxy) is 2. The van der Waals surface area contributed by atoms with Gasteiger partial charge in [0.25, 0.3) is 11.8 Å². The monoisotopic (exact) mass is 448 g/mol. The van der Waals surface area contributed by atoms with Gasteiger partial charge in [-0.2, -0.15) is 13.2 Å². The summed E-state index contributed by atoms with van der Waals surface area (Å²) in [5.74, 6) is -0.606. The zero-order valence-corrected chi connectivity index (χ0v) is 17.8. The molecule has 0 fully saturated rings. The van der Waals surface area contributed by atoms with Crippen LogP contribution in [0.15, 0.2) is 54.2 Å². The molecule has 0 saturated carbocycles. The van der Waals surface area contributed by atoms with E-state index in [1.165, 1.54) is 19.2 Å². The Bertz CT molecular complexity index is 1030. The first-order valence-electron chi connectivity index (χ1n) is 9.92. The second-order valence-corrected chi connectivity index (χ2v) is 7.40. The van der Waals surface area contributed by atoms with E-state index in [1.54, 1.807) is 24.3 Å². The molecule has 170 valence electrons. The van der Waals surface area contributed by atoms with Crippen molar-refractivity contribution >= 4 is 23.1 Å². The van der Waals surface area contributed by atoms with Crippen LogP contribution in [0.25, 0.3) is 5.57 Å². The van der Waals surface area contributed by atoms with Crippen molar-refractivity contribution in [1.29, 1.82) is 0 Å². The van der Waals surface area contributed by atoms with Crippen LogP contribution in [0.1, 0.15) is 25.0 Å². The summed E-state index contributed by atoms with van der Waals surface area (Å²) < 4.78 is 49.9. The lowest BCUT2D eigenvalue weighted by Crippen LogP contribution is -2.35. The van der Waals surface area contributed by atoms with Gasteiger partial charge >= 0.3 is 6.18 Å². The highest BCUT2D eigenvalue weighted by atomic mass is 19.4. The first-order chi connectivity index (χ1) is 15.1. The minimum Gasteiger partial charge on any atom is -0.491 e. The molecule has 0 bridgehead atoms. The van der Waals surface area contributed by atoms with Gasteiger partial charge < -0.3 is 14.8 Å². The number of halogens is 3. The molecule has 1 heterocycles. The standard InChI is InChI=1S/C23H23F3N2O4/c1-14(2)32-18-9-7-15(8-10-18)19-20(22(30)28(21(19)29)11-12-31-3)27-17-6-4-5-16(13-17)23(24,25)26/h4-10,13-14,27H,11-12H2,1-3H3. The molecule has 1 aliphatic heterocycles. The molecule has 0 atom stereocenters. The van der Waals surface area contributed by atoms with E-state index in [4.69, 9.17) is 9.47 Å². The summed E-state index contributed by atoms with van der Waals surface area (Å²) in [6.45, 7) is 3.89. The van der Waals surface area contributed by atoms with Gasteiger partial charge in [-0.3, -0.25) is 14.5 Å². The van der Waals surface area contributed by atoms with Gasteiger partial charge in [-0.25, -0.2) is 0 Å². The molecule has 3 rings (SSSR count). The second-order valence-electron chi connectivity index (χ2n) is 7.40. The van der Waals surface area contributed by atoms with Crippen LogP contribution in [0, 0.1) is 0 Å². The molecule has 2 amide bonds. The number of carbonyl (C=O) groups is 2. The number of alkyl halides is 3. The number of imide groups is 1. The Hall–Kier alpha value is -3.33. The van der Waals surface area contributed by atoms with Crippen molar-refractivity contribution in [3.63, 3.8) is 0 Å². The van der Waals surface area contributed by atoms with Gasteiger partial charge in [0.2, 0.25) is 0 Å². The molecule has 9 heteroatoms. The van der Waals surface area contributed by atoms with Crippen molar-refractivity contribution in [1.82, 2.24) is 4.90 Å². The summed E-state index contributed by atoms with van der Waals surface area (Å²) in [6, 6.07) is 11.0. The lowest BCUT2D eigenvalue weighted by Gasteiger charge is -2.15. The first-order valence-corrected chi connectivity index (χ1v) is 9.92. The highest BCUT2D eigenvalue weighted by Gasteiger charge is 2.39. The number of rotatable bonds is 8. The molecule has 32 heavy (non-hydrogen) atoms. The number of hydrogen-bond donors (Lipinski definition) is 1. The maximum atomic E-state index is 13.1. The predicted molar refractivity (Wildman–Crippen MR) is 113 cm³/mol. The van der Waals surface area contributed by atoms with Crippen LogP contribution in [0.5, 0.6) is 5.75 Å². The molecular formula is C23H23F3N2O4. The lowest BCUT2D eigenvalue weighted by molar-refractivity contribution is -0.138. The Balaban J connectivity index is 2.01. The van der Waals surface area contributed by atoms with Gasteiger partial charge in [0.05, 0.1) is 30.4 Å². The van der Waals surface area contributed by atoms with Crippen molar-refractivity contribution < 1.29 is 32.2 Å². The van der Waals surface area contributed by atoms with E-state index in [1.807, 2.05) is 13.8 Å². The van der Waals surface area contributed by atoms with Crippen LogP contribution >= 0.6 is 0 Å². The van der Waals surface area contributed by atoms with Crippen LogP contribution in [-0.2, 0) is 20.5 Å². The molecule has 0 aliphatic carbocycles. The minimum absolute atomic E-state index is 0.0139. The summed E-state index contributed by atoms with van der Waals surface area (Å²) in [4.78, 5) is 27.0. The number of benzene rings is 2. The number of nitrogens with zero attached hydrogens (tertiary/aromatic N) is 1. The van der Waals surface area contributed by atoms with Gasteiger partial charge in [-0.15, -0.1) is 0 Å². The zero-order chi connectivity index (χ0) is 23.5. The summed E-state index contributed by atoms with van der Waals surface area (Å²) in [7, 11) is 1.44. The highest BCUT2D eigenvalue weighted by molar-refractivity contribution is 6.36. The summed E-state index contributed by atoms with van der Waals surface area (Å²) in [5, 5.41) is 2.73. The van der Waals surface area contributed by atoms with Crippen LogP contribution in [0.4, 0.5) is 18.9 Å². The average Bonchev–Trinajstić information content (AvgIpc) is 2.96. The normalized spacial score (nSPS) is 14.5. The lowest BCUT2D eigenvalue weighted by atomic mass is 10.0. The van der Waals surface area contributed by atoms with Crippen molar-refractivity contribution in [3.8, 4) is 5.75 Å². The summed E-state index contributed by atoms with van der Waals surface area (Å²) in [6.07, 6.45) is -4.58. The van der Waals surface area contributed by atoms with Crippen molar-refractivity contribution in [3.05, 3.63) is 65.4 Å².